The fourth-order valence-electron chi connectivity index (χ4n) is 2.84. The van der Waals surface area contributed by atoms with Crippen molar-refractivity contribution in [1.29, 1.82) is 0 Å². The van der Waals surface area contributed by atoms with Crippen LogP contribution in [0.1, 0.15) is 22.4 Å². The highest BCUT2D eigenvalue weighted by Crippen LogP contribution is 2.40. The summed E-state index contributed by atoms with van der Waals surface area (Å²) in [6.07, 6.45) is 0.323. The molecule has 0 unspecified atom stereocenters. The average Bonchev–Trinajstić information content (AvgIpc) is 2.85. The van der Waals surface area contributed by atoms with Crippen LogP contribution in [0, 0.1) is 19.3 Å². The van der Waals surface area contributed by atoms with Crippen molar-refractivity contribution in [2.45, 2.75) is 26.7 Å². The van der Waals surface area contributed by atoms with E-state index in [9.17, 15) is 14.4 Å². The molecule has 1 aromatic heterocycles. The summed E-state index contributed by atoms with van der Waals surface area (Å²) in [6.45, 7) is 3.44. The summed E-state index contributed by atoms with van der Waals surface area (Å²) in [5.74, 6) is -1.27. The van der Waals surface area contributed by atoms with Crippen LogP contribution in [0.3, 0.4) is 0 Å². The van der Waals surface area contributed by atoms with Crippen molar-refractivity contribution in [2.75, 3.05) is 14.2 Å². The number of hydrogen-bond donors (Lipinski definition) is 1. The van der Waals surface area contributed by atoms with E-state index >= 15 is 0 Å². The van der Waals surface area contributed by atoms with Crippen molar-refractivity contribution in [3.8, 4) is 0 Å². The Labute approximate surface area is 116 Å². The molecular weight excluding hydrogens is 262 g/mol. The first-order valence-corrected chi connectivity index (χ1v) is 6.25. The van der Waals surface area contributed by atoms with Crippen LogP contribution in [0.2, 0.25) is 0 Å². The summed E-state index contributed by atoms with van der Waals surface area (Å²) in [7, 11) is 2.47. The third kappa shape index (κ3) is 1.83. The fourth-order valence-corrected chi connectivity index (χ4v) is 2.84. The third-order valence-electron chi connectivity index (χ3n) is 4.02. The second kappa shape index (κ2) is 4.77. The molecular formula is C14H17NO5. The number of aromatic amines is 1. The topological polar surface area (TPSA) is 85.5 Å². The molecule has 0 amide bonds. The monoisotopic (exact) mass is 279 g/mol. The largest absolute Gasteiger partial charge is 0.468 e. The number of aromatic nitrogens is 1. The van der Waals surface area contributed by atoms with Gasteiger partial charge < -0.3 is 14.5 Å². The molecule has 1 aliphatic rings. The van der Waals surface area contributed by atoms with Crippen LogP contribution in [0.4, 0.5) is 0 Å². The molecule has 0 aliphatic heterocycles. The normalized spacial score (nSPS) is 15.6. The lowest BCUT2D eigenvalue weighted by molar-refractivity contribution is -0.168. The van der Waals surface area contributed by atoms with Gasteiger partial charge in [-0.3, -0.25) is 14.4 Å². The highest BCUT2D eigenvalue weighted by Gasteiger charge is 2.53. The van der Waals surface area contributed by atoms with Gasteiger partial charge in [0.2, 0.25) is 0 Å². The van der Waals surface area contributed by atoms with Crippen molar-refractivity contribution in [3.05, 3.63) is 32.7 Å². The van der Waals surface area contributed by atoms with Crippen molar-refractivity contribution >= 4 is 11.9 Å². The first kappa shape index (κ1) is 14.3. The van der Waals surface area contributed by atoms with Gasteiger partial charge in [0.05, 0.1) is 14.2 Å². The van der Waals surface area contributed by atoms with Crippen LogP contribution in [0.25, 0.3) is 0 Å². The molecule has 0 saturated carbocycles. The minimum atomic E-state index is -1.39. The zero-order valence-electron chi connectivity index (χ0n) is 12.0. The van der Waals surface area contributed by atoms with Crippen molar-refractivity contribution < 1.29 is 19.1 Å². The lowest BCUT2D eigenvalue weighted by Gasteiger charge is -2.22. The van der Waals surface area contributed by atoms with E-state index < -0.39 is 17.4 Å². The van der Waals surface area contributed by atoms with Gasteiger partial charge in [-0.2, -0.15) is 0 Å². The number of H-pyrrole nitrogens is 1. The van der Waals surface area contributed by atoms with Crippen molar-refractivity contribution in [1.82, 2.24) is 4.98 Å². The maximum atomic E-state index is 12.1. The number of aryl methyl sites for hydroxylation is 1. The first-order valence-electron chi connectivity index (χ1n) is 6.25. The Morgan fingerprint density at radius 3 is 2.05 bits per heavy atom. The summed E-state index contributed by atoms with van der Waals surface area (Å²) >= 11 is 0. The fraction of sp³-hybridized carbons (Fsp3) is 0.500. The Balaban J connectivity index is 2.62. The van der Waals surface area contributed by atoms with Crippen molar-refractivity contribution in [3.63, 3.8) is 0 Å². The molecule has 2 rings (SSSR count). The summed E-state index contributed by atoms with van der Waals surface area (Å²) in [4.78, 5) is 38.7. The Bertz CT molecular complexity index is 628. The van der Waals surface area contributed by atoms with Crippen LogP contribution in [-0.4, -0.2) is 31.1 Å². The maximum absolute atomic E-state index is 12.1. The van der Waals surface area contributed by atoms with Crippen LogP contribution in [0.5, 0.6) is 0 Å². The minimum Gasteiger partial charge on any atom is -0.468 e. The smallest absolute Gasteiger partial charge is 0.323 e. The third-order valence-corrected chi connectivity index (χ3v) is 4.02. The van der Waals surface area contributed by atoms with Gasteiger partial charge in [0.1, 0.15) is 0 Å². The summed E-state index contributed by atoms with van der Waals surface area (Å²) < 4.78 is 9.55. The van der Waals surface area contributed by atoms with Crippen LogP contribution < -0.4 is 5.56 Å². The Kier molecular flexibility index (Phi) is 3.41. The van der Waals surface area contributed by atoms with E-state index in [-0.39, 0.29) is 18.4 Å². The van der Waals surface area contributed by atoms with Crippen LogP contribution in [-0.2, 0) is 31.9 Å². The van der Waals surface area contributed by atoms with E-state index in [0.717, 1.165) is 11.1 Å². The summed E-state index contributed by atoms with van der Waals surface area (Å²) in [5.41, 5.74) is 1.17. The lowest BCUT2D eigenvalue weighted by Crippen LogP contribution is -2.42. The quantitative estimate of drug-likeness (QED) is 0.626. The molecule has 1 heterocycles. The van der Waals surface area contributed by atoms with Crippen LogP contribution in [0.15, 0.2) is 4.79 Å². The van der Waals surface area contributed by atoms with E-state index in [2.05, 4.69) is 4.98 Å². The standard InChI is InChI=1S/C14H17NO5/c1-7-9-5-14(12(17)19-3,13(18)20-4)6-10(9)8(2)15-11(7)16/h5-6H2,1-4H3,(H,15,16). The van der Waals surface area contributed by atoms with E-state index in [1.807, 2.05) is 0 Å². The number of ether oxygens (including phenoxy) is 2. The number of nitrogens with one attached hydrogen (secondary N) is 1. The Morgan fingerprint density at radius 1 is 1.05 bits per heavy atom. The van der Waals surface area contributed by atoms with Gasteiger partial charge in [-0.25, -0.2) is 0 Å². The number of methoxy groups -OCH3 is 2. The number of fused-ring (bicyclic) bond motifs is 1. The number of hydrogen-bond acceptors (Lipinski definition) is 5. The number of rotatable bonds is 2. The highest BCUT2D eigenvalue weighted by molar-refractivity contribution is 6.01. The van der Waals surface area contributed by atoms with Crippen LogP contribution >= 0.6 is 0 Å². The molecule has 1 aliphatic carbocycles. The molecule has 0 bridgehead atoms. The Hall–Kier alpha value is -2.11. The molecule has 0 spiro atoms. The lowest BCUT2D eigenvalue weighted by atomic mass is 9.84. The van der Waals surface area contributed by atoms with Gasteiger partial charge in [-0.15, -0.1) is 0 Å². The minimum absolute atomic E-state index is 0.137. The second-order valence-electron chi connectivity index (χ2n) is 5.08. The molecule has 20 heavy (non-hydrogen) atoms. The van der Waals surface area contributed by atoms with Gasteiger partial charge in [0.15, 0.2) is 5.41 Å². The number of carbonyl (C=O) groups is 2. The molecule has 0 aromatic carbocycles. The highest BCUT2D eigenvalue weighted by atomic mass is 16.5. The zero-order valence-corrected chi connectivity index (χ0v) is 12.0. The average molecular weight is 279 g/mol. The zero-order chi connectivity index (χ0) is 15.1. The van der Waals surface area contributed by atoms with E-state index in [1.165, 1.54) is 14.2 Å². The molecule has 0 saturated heterocycles. The predicted octanol–water partition coefficient (Wildman–Crippen LogP) is 0.423. The molecule has 0 atom stereocenters. The van der Waals surface area contributed by atoms with E-state index in [4.69, 9.17) is 9.47 Å². The summed E-state index contributed by atoms with van der Waals surface area (Å²) in [5, 5.41) is 0. The van der Waals surface area contributed by atoms with E-state index in [1.54, 1.807) is 13.8 Å². The molecule has 0 radical (unpaired) electrons. The molecule has 0 fully saturated rings. The molecule has 6 heteroatoms. The number of carbonyl (C=O) groups excluding carboxylic acids is 2. The van der Waals surface area contributed by atoms with E-state index in [0.29, 0.717) is 11.3 Å². The Morgan fingerprint density at radius 2 is 1.55 bits per heavy atom. The predicted molar refractivity (Wildman–Crippen MR) is 70.4 cm³/mol. The van der Waals surface area contributed by atoms with Gasteiger partial charge in [0, 0.05) is 24.1 Å². The van der Waals surface area contributed by atoms with Gasteiger partial charge >= 0.3 is 11.9 Å². The molecule has 1 aromatic rings. The SMILES string of the molecule is COC(=O)C1(C(=O)OC)Cc2c(C)[nH]c(=O)c(C)c2C1. The number of esters is 2. The van der Waals surface area contributed by atoms with Gasteiger partial charge in [-0.1, -0.05) is 0 Å². The molecule has 108 valence electrons. The van der Waals surface area contributed by atoms with Gasteiger partial charge in [0.25, 0.3) is 5.56 Å². The first-order chi connectivity index (χ1) is 9.37. The van der Waals surface area contributed by atoms with Crippen molar-refractivity contribution in [2.24, 2.45) is 5.41 Å². The van der Waals surface area contributed by atoms with Gasteiger partial charge in [-0.05, 0) is 25.0 Å². The molecule has 1 N–H and O–H groups in total. The second-order valence-corrected chi connectivity index (χ2v) is 5.08. The molecule has 6 nitrogen and oxygen atoms in total. The number of pyridine rings is 1. The summed E-state index contributed by atoms with van der Waals surface area (Å²) in [6, 6.07) is 0. The maximum Gasteiger partial charge on any atom is 0.323 e.